The van der Waals surface area contributed by atoms with E-state index in [0.717, 1.165) is 6.26 Å². The van der Waals surface area contributed by atoms with E-state index in [1.165, 1.54) is 24.3 Å². The summed E-state index contributed by atoms with van der Waals surface area (Å²) in [6.07, 6.45) is -3.24. The van der Waals surface area contributed by atoms with Gasteiger partial charge >= 0.3 is 6.18 Å². The van der Waals surface area contributed by atoms with E-state index in [1.807, 2.05) is 0 Å². The Morgan fingerprint density at radius 3 is 2.25 bits per heavy atom. The van der Waals surface area contributed by atoms with E-state index >= 15 is 0 Å². The van der Waals surface area contributed by atoms with Gasteiger partial charge in [-0.1, -0.05) is 0 Å². The van der Waals surface area contributed by atoms with E-state index in [9.17, 15) is 21.6 Å². The zero-order valence-electron chi connectivity index (χ0n) is 11.1. The lowest BCUT2D eigenvalue weighted by Gasteiger charge is -2.15. The van der Waals surface area contributed by atoms with Gasteiger partial charge in [-0.2, -0.15) is 13.2 Å². The average Bonchev–Trinajstić information content (AvgIpc) is 2.24. The molecule has 1 rings (SSSR count). The minimum absolute atomic E-state index is 0.0284. The number of rotatable bonds is 6. The van der Waals surface area contributed by atoms with Crippen molar-refractivity contribution >= 4 is 15.5 Å². The molecule has 114 valence electrons. The third-order valence-corrected chi connectivity index (χ3v) is 3.33. The van der Waals surface area contributed by atoms with Crippen molar-refractivity contribution in [2.24, 2.45) is 0 Å². The van der Waals surface area contributed by atoms with Gasteiger partial charge in [0.1, 0.15) is 15.6 Å². The molecule has 0 bridgehead atoms. The van der Waals surface area contributed by atoms with Gasteiger partial charge in [-0.15, -0.1) is 0 Å². The lowest BCUT2D eigenvalue weighted by molar-refractivity contribution is -0.153. The number of alkyl halides is 3. The molecule has 0 aromatic heterocycles. The van der Waals surface area contributed by atoms with Gasteiger partial charge in [-0.05, 0) is 31.2 Å². The molecule has 0 fully saturated rings. The number of hydrogen-bond acceptors (Lipinski definition) is 4. The van der Waals surface area contributed by atoms with E-state index in [-0.39, 0.29) is 17.5 Å². The van der Waals surface area contributed by atoms with Gasteiger partial charge in [0.05, 0.1) is 5.75 Å². The summed E-state index contributed by atoms with van der Waals surface area (Å²) in [6.45, 7) is 0.360. The molecule has 0 radical (unpaired) electrons. The van der Waals surface area contributed by atoms with Gasteiger partial charge in [-0.25, -0.2) is 8.42 Å². The van der Waals surface area contributed by atoms with Gasteiger partial charge < -0.3 is 10.1 Å². The van der Waals surface area contributed by atoms with E-state index in [4.69, 9.17) is 0 Å². The Hall–Kier alpha value is -1.44. The molecule has 0 aliphatic heterocycles. The number of sulfone groups is 1. The summed E-state index contributed by atoms with van der Waals surface area (Å²) in [5.41, 5.74) is 0.612. The molecule has 1 atom stereocenters. The standard InChI is InChI=1S/C12H16F3NO3S/c1-9(7-20(2,17)18)16-10-3-5-11(6-4-10)19-8-12(13,14)15/h3-6,9,16H,7-8H2,1-2H3. The molecule has 0 spiro atoms. The molecule has 0 saturated heterocycles. The second-order valence-electron chi connectivity index (χ2n) is 4.57. The largest absolute Gasteiger partial charge is 0.484 e. The van der Waals surface area contributed by atoms with Crippen molar-refractivity contribution in [1.82, 2.24) is 0 Å². The summed E-state index contributed by atoms with van der Waals surface area (Å²) in [6, 6.07) is 5.55. The van der Waals surface area contributed by atoms with Crippen molar-refractivity contribution in [2.75, 3.05) is 23.9 Å². The Balaban J connectivity index is 2.54. The molecular weight excluding hydrogens is 295 g/mol. The molecule has 0 saturated carbocycles. The van der Waals surface area contributed by atoms with E-state index < -0.39 is 22.6 Å². The predicted octanol–water partition coefficient (Wildman–Crippen LogP) is 2.47. The van der Waals surface area contributed by atoms with E-state index in [0.29, 0.717) is 5.69 Å². The van der Waals surface area contributed by atoms with Crippen molar-refractivity contribution in [1.29, 1.82) is 0 Å². The summed E-state index contributed by atoms with van der Waals surface area (Å²) in [7, 11) is -3.09. The number of anilines is 1. The summed E-state index contributed by atoms with van der Waals surface area (Å²) >= 11 is 0. The number of benzene rings is 1. The van der Waals surface area contributed by atoms with Crippen molar-refractivity contribution in [2.45, 2.75) is 19.1 Å². The maximum atomic E-state index is 12.0. The smallest absolute Gasteiger partial charge is 0.422 e. The summed E-state index contributed by atoms with van der Waals surface area (Å²) in [4.78, 5) is 0. The zero-order chi connectivity index (χ0) is 15.4. The molecule has 0 amide bonds. The van der Waals surface area contributed by atoms with Crippen molar-refractivity contribution in [3.63, 3.8) is 0 Å². The van der Waals surface area contributed by atoms with Crippen LogP contribution >= 0.6 is 0 Å². The summed E-state index contributed by atoms with van der Waals surface area (Å²) in [5, 5.41) is 2.94. The van der Waals surface area contributed by atoms with Gasteiger partial charge in [0.15, 0.2) is 6.61 Å². The topological polar surface area (TPSA) is 55.4 Å². The van der Waals surface area contributed by atoms with Gasteiger partial charge in [0, 0.05) is 18.0 Å². The van der Waals surface area contributed by atoms with Crippen LogP contribution in [0.25, 0.3) is 0 Å². The molecule has 1 N–H and O–H groups in total. The lowest BCUT2D eigenvalue weighted by atomic mass is 10.2. The molecule has 0 aliphatic carbocycles. The second kappa shape index (κ2) is 6.34. The van der Waals surface area contributed by atoms with E-state index in [1.54, 1.807) is 6.92 Å². The number of hydrogen-bond donors (Lipinski definition) is 1. The van der Waals surface area contributed by atoms with Gasteiger partial charge in [-0.3, -0.25) is 0 Å². The Bertz CT molecular complexity index is 526. The van der Waals surface area contributed by atoms with Gasteiger partial charge in [0.2, 0.25) is 0 Å². The van der Waals surface area contributed by atoms with Crippen LogP contribution in [0.15, 0.2) is 24.3 Å². The Morgan fingerprint density at radius 1 is 1.25 bits per heavy atom. The first-order valence-corrected chi connectivity index (χ1v) is 7.85. The van der Waals surface area contributed by atoms with Crippen molar-refractivity contribution < 1.29 is 26.3 Å². The van der Waals surface area contributed by atoms with Crippen LogP contribution < -0.4 is 10.1 Å². The minimum Gasteiger partial charge on any atom is -0.484 e. The van der Waals surface area contributed by atoms with Crippen LogP contribution in [0.2, 0.25) is 0 Å². The SMILES string of the molecule is CC(CS(C)(=O)=O)Nc1ccc(OCC(F)(F)F)cc1. The maximum absolute atomic E-state index is 12.0. The minimum atomic E-state index is -4.37. The first kappa shape index (κ1) is 16.6. The van der Waals surface area contributed by atoms with Crippen LogP contribution in [0.1, 0.15) is 6.92 Å². The fraction of sp³-hybridized carbons (Fsp3) is 0.500. The molecular formula is C12H16F3NO3S. The Kier molecular flexibility index (Phi) is 5.27. The quantitative estimate of drug-likeness (QED) is 0.877. The highest BCUT2D eigenvalue weighted by atomic mass is 32.2. The fourth-order valence-electron chi connectivity index (χ4n) is 1.59. The average molecular weight is 311 g/mol. The maximum Gasteiger partial charge on any atom is 0.422 e. The molecule has 1 aromatic carbocycles. The molecule has 0 heterocycles. The highest BCUT2D eigenvalue weighted by Gasteiger charge is 2.28. The summed E-state index contributed by atoms with van der Waals surface area (Å²) < 4.78 is 62.6. The highest BCUT2D eigenvalue weighted by molar-refractivity contribution is 7.90. The monoisotopic (exact) mass is 311 g/mol. The molecule has 1 unspecified atom stereocenters. The Morgan fingerprint density at radius 2 is 1.80 bits per heavy atom. The zero-order valence-corrected chi connectivity index (χ0v) is 11.9. The van der Waals surface area contributed by atoms with Crippen LogP contribution in [-0.4, -0.2) is 39.3 Å². The molecule has 0 aliphatic rings. The number of ether oxygens (including phenoxy) is 1. The normalized spacial score (nSPS) is 13.8. The van der Waals surface area contributed by atoms with Crippen LogP contribution in [0.4, 0.5) is 18.9 Å². The lowest BCUT2D eigenvalue weighted by Crippen LogP contribution is -2.24. The third-order valence-electron chi connectivity index (χ3n) is 2.22. The van der Waals surface area contributed by atoms with Crippen molar-refractivity contribution in [3.8, 4) is 5.75 Å². The van der Waals surface area contributed by atoms with Crippen LogP contribution in [-0.2, 0) is 9.84 Å². The third kappa shape index (κ3) is 7.22. The van der Waals surface area contributed by atoms with Gasteiger partial charge in [0.25, 0.3) is 0 Å². The first-order valence-electron chi connectivity index (χ1n) is 5.79. The van der Waals surface area contributed by atoms with Crippen LogP contribution in [0.3, 0.4) is 0 Å². The van der Waals surface area contributed by atoms with E-state index in [2.05, 4.69) is 10.1 Å². The molecule has 1 aromatic rings. The molecule has 8 heteroatoms. The second-order valence-corrected chi connectivity index (χ2v) is 6.75. The van der Waals surface area contributed by atoms with Crippen LogP contribution in [0.5, 0.6) is 5.75 Å². The number of nitrogens with one attached hydrogen (secondary N) is 1. The van der Waals surface area contributed by atoms with Crippen LogP contribution in [0, 0.1) is 0 Å². The highest BCUT2D eigenvalue weighted by Crippen LogP contribution is 2.20. The molecule has 20 heavy (non-hydrogen) atoms. The van der Waals surface area contributed by atoms with Crippen molar-refractivity contribution in [3.05, 3.63) is 24.3 Å². The summed E-state index contributed by atoms with van der Waals surface area (Å²) in [5.74, 6) is 0.0721. The number of halogens is 3. The first-order chi connectivity index (χ1) is 9.05. The molecule has 4 nitrogen and oxygen atoms in total. The predicted molar refractivity (Wildman–Crippen MR) is 70.8 cm³/mol. The Labute approximate surface area is 115 Å². The fourth-order valence-corrected chi connectivity index (χ4v) is 2.58.